The molecule has 1 aliphatic carbocycles. The van der Waals surface area contributed by atoms with Crippen LogP contribution in [0.5, 0.6) is 11.5 Å². The van der Waals surface area contributed by atoms with Crippen molar-refractivity contribution in [2.75, 3.05) is 6.61 Å². The Morgan fingerprint density at radius 3 is 2.57 bits per heavy atom. The van der Waals surface area contributed by atoms with Crippen molar-refractivity contribution in [2.24, 2.45) is 0 Å². The minimum Gasteiger partial charge on any atom is -0.485 e. The van der Waals surface area contributed by atoms with E-state index >= 15 is 0 Å². The van der Waals surface area contributed by atoms with Crippen LogP contribution >= 0.6 is 11.3 Å². The number of para-hydroxylation sites is 2. The van der Waals surface area contributed by atoms with Crippen molar-refractivity contribution >= 4 is 23.2 Å². The summed E-state index contributed by atoms with van der Waals surface area (Å²) >= 11 is 1.54. The first-order valence-electron chi connectivity index (χ1n) is 12.2. The number of nitrogens with zero attached hydrogens (tertiary/aromatic N) is 1. The third-order valence-electron chi connectivity index (χ3n) is 6.52. The van der Waals surface area contributed by atoms with Gasteiger partial charge < -0.3 is 24.1 Å². The van der Waals surface area contributed by atoms with E-state index in [1.54, 1.807) is 28.4 Å². The Kier molecular flexibility index (Phi) is 7.08. The minimum atomic E-state index is -0.916. The van der Waals surface area contributed by atoms with Gasteiger partial charge in [-0.15, -0.1) is 11.3 Å². The molecular weight excluding hydrogens is 464 g/mol. The van der Waals surface area contributed by atoms with Gasteiger partial charge in [0.05, 0.1) is 6.54 Å². The molecule has 3 heterocycles. The highest BCUT2D eigenvalue weighted by Gasteiger charge is 2.40. The Bertz CT molecular complexity index is 1150. The van der Waals surface area contributed by atoms with Crippen LogP contribution in [0.3, 0.4) is 0 Å². The third-order valence-corrected chi connectivity index (χ3v) is 7.38. The van der Waals surface area contributed by atoms with Crippen LogP contribution in [0.15, 0.2) is 58.3 Å². The summed E-state index contributed by atoms with van der Waals surface area (Å²) in [6.45, 7) is 2.17. The lowest BCUT2D eigenvalue weighted by atomic mass is 9.95. The van der Waals surface area contributed by atoms with Gasteiger partial charge in [-0.25, -0.2) is 0 Å². The number of hydrogen-bond donors (Lipinski definition) is 1. The van der Waals surface area contributed by atoms with E-state index in [0.29, 0.717) is 23.0 Å². The first kappa shape index (κ1) is 23.5. The highest BCUT2D eigenvalue weighted by Crippen LogP contribution is 2.34. The maximum absolute atomic E-state index is 14.0. The third kappa shape index (κ3) is 5.37. The lowest BCUT2D eigenvalue weighted by Crippen LogP contribution is -2.51. The lowest BCUT2D eigenvalue weighted by Gasteiger charge is -2.35. The van der Waals surface area contributed by atoms with Gasteiger partial charge in [0.15, 0.2) is 17.5 Å². The molecule has 1 N–H and O–H groups in total. The number of fused-ring (bicyclic) bond motifs is 1. The van der Waals surface area contributed by atoms with E-state index in [-0.39, 0.29) is 31.0 Å². The molecule has 3 aromatic rings. The van der Waals surface area contributed by atoms with Gasteiger partial charge in [-0.05, 0) is 55.5 Å². The topological polar surface area (TPSA) is 81.0 Å². The van der Waals surface area contributed by atoms with Gasteiger partial charge in [0.1, 0.15) is 18.1 Å². The summed E-state index contributed by atoms with van der Waals surface area (Å²) < 4.78 is 17.8. The Labute approximate surface area is 209 Å². The molecule has 2 aromatic heterocycles. The van der Waals surface area contributed by atoms with Crippen molar-refractivity contribution in [1.29, 1.82) is 0 Å². The van der Waals surface area contributed by atoms with Crippen LogP contribution in [0.2, 0.25) is 0 Å². The smallest absolute Gasteiger partial charge is 0.268 e. The Hall–Kier alpha value is -3.26. The zero-order valence-corrected chi connectivity index (χ0v) is 20.6. The number of aryl methyl sites for hydroxylation is 1. The molecule has 0 radical (unpaired) electrons. The van der Waals surface area contributed by atoms with E-state index in [0.717, 1.165) is 30.6 Å². The van der Waals surface area contributed by atoms with Gasteiger partial charge in [0, 0.05) is 10.9 Å². The van der Waals surface area contributed by atoms with Crippen LogP contribution in [0, 0.1) is 6.92 Å². The SMILES string of the molecule is Cc1ccc([C@H](C(=O)NC2CCCCC2)N(Cc2cccs2)C(=O)[C@H]2COc3ccccc3O2)o1. The van der Waals surface area contributed by atoms with Gasteiger partial charge >= 0.3 is 0 Å². The fourth-order valence-corrected chi connectivity index (χ4v) is 5.45. The monoisotopic (exact) mass is 494 g/mol. The van der Waals surface area contributed by atoms with Crippen molar-refractivity contribution in [3.63, 3.8) is 0 Å². The Morgan fingerprint density at radius 2 is 1.86 bits per heavy atom. The Balaban J connectivity index is 1.46. The molecule has 0 bridgehead atoms. The maximum atomic E-state index is 14.0. The molecule has 5 rings (SSSR count). The average Bonchev–Trinajstić information content (AvgIpc) is 3.55. The van der Waals surface area contributed by atoms with Crippen molar-refractivity contribution in [1.82, 2.24) is 10.2 Å². The summed E-state index contributed by atoms with van der Waals surface area (Å²) in [7, 11) is 0. The number of furan rings is 1. The highest BCUT2D eigenvalue weighted by atomic mass is 32.1. The largest absolute Gasteiger partial charge is 0.485 e. The zero-order valence-electron chi connectivity index (χ0n) is 19.8. The molecule has 1 saturated carbocycles. The molecule has 0 saturated heterocycles. The second-order valence-electron chi connectivity index (χ2n) is 9.10. The zero-order chi connectivity index (χ0) is 24.2. The van der Waals surface area contributed by atoms with E-state index in [1.807, 2.05) is 48.7 Å². The summed E-state index contributed by atoms with van der Waals surface area (Å²) in [6.07, 6.45) is 4.41. The van der Waals surface area contributed by atoms with Gasteiger partial charge in [-0.1, -0.05) is 37.5 Å². The quantitative estimate of drug-likeness (QED) is 0.500. The fraction of sp³-hybridized carbons (Fsp3) is 0.407. The molecule has 7 nitrogen and oxygen atoms in total. The van der Waals surface area contributed by atoms with E-state index in [4.69, 9.17) is 13.9 Å². The van der Waals surface area contributed by atoms with Crippen molar-refractivity contribution in [3.8, 4) is 11.5 Å². The predicted molar refractivity (Wildman–Crippen MR) is 132 cm³/mol. The van der Waals surface area contributed by atoms with E-state index in [9.17, 15) is 9.59 Å². The van der Waals surface area contributed by atoms with Gasteiger partial charge in [0.2, 0.25) is 6.10 Å². The minimum absolute atomic E-state index is 0.0743. The van der Waals surface area contributed by atoms with Gasteiger partial charge in [-0.3, -0.25) is 9.59 Å². The normalized spacial score (nSPS) is 18.6. The highest BCUT2D eigenvalue weighted by molar-refractivity contribution is 7.09. The summed E-state index contributed by atoms with van der Waals surface area (Å²) in [6, 6.07) is 14.0. The van der Waals surface area contributed by atoms with Crippen LogP contribution in [0.4, 0.5) is 0 Å². The second-order valence-corrected chi connectivity index (χ2v) is 10.1. The summed E-state index contributed by atoms with van der Waals surface area (Å²) in [4.78, 5) is 30.2. The number of carbonyl (C=O) groups excluding carboxylic acids is 2. The predicted octanol–water partition coefficient (Wildman–Crippen LogP) is 5.01. The molecule has 184 valence electrons. The number of thiophene rings is 1. The number of nitrogens with one attached hydrogen (secondary N) is 1. The number of ether oxygens (including phenoxy) is 2. The molecular formula is C27H30N2O5S. The summed E-state index contributed by atoms with van der Waals surface area (Å²) in [5, 5.41) is 5.16. The molecule has 2 atom stereocenters. The average molecular weight is 495 g/mol. The van der Waals surface area contributed by atoms with E-state index in [2.05, 4.69) is 5.32 Å². The fourth-order valence-electron chi connectivity index (χ4n) is 4.74. The summed E-state index contributed by atoms with van der Waals surface area (Å²) in [5.41, 5.74) is 0. The molecule has 1 aromatic carbocycles. The molecule has 0 spiro atoms. The Morgan fingerprint density at radius 1 is 1.06 bits per heavy atom. The van der Waals surface area contributed by atoms with E-state index < -0.39 is 12.1 Å². The van der Waals surface area contributed by atoms with Crippen LogP contribution in [0.25, 0.3) is 0 Å². The number of hydrogen-bond acceptors (Lipinski definition) is 6. The molecule has 1 aliphatic heterocycles. The van der Waals surface area contributed by atoms with Crippen LogP contribution in [0.1, 0.15) is 54.5 Å². The molecule has 35 heavy (non-hydrogen) atoms. The second kappa shape index (κ2) is 10.6. The van der Waals surface area contributed by atoms with Crippen LogP contribution in [-0.4, -0.2) is 35.5 Å². The first-order valence-corrected chi connectivity index (χ1v) is 13.0. The van der Waals surface area contributed by atoms with E-state index in [1.165, 1.54) is 6.42 Å². The number of rotatable bonds is 7. The first-order chi connectivity index (χ1) is 17.1. The van der Waals surface area contributed by atoms with Gasteiger partial charge in [0.25, 0.3) is 11.8 Å². The number of amides is 2. The van der Waals surface area contributed by atoms with Crippen molar-refractivity contribution in [3.05, 3.63) is 70.3 Å². The molecule has 0 unspecified atom stereocenters. The lowest BCUT2D eigenvalue weighted by molar-refractivity contribution is -0.150. The van der Waals surface area contributed by atoms with Crippen molar-refractivity contribution < 1.29 is 23.5 Å². The summed E-state index contributed by atoms with van der Waals surface area (Å²) in [5.74, 6) is 1.71. The molecule has 2 aliphatic rings. The van der Waals surface area contributed by atoms with Gasteiger partial charge in [-0.2, -0.15) is 0 Å². The molecule has 2 amide bonds. The number of carbonyl (C=O) groups is 2. The standard InChI is InChI=1S/C27H30N2O5S/c1-18-13-14-23(33-18)25(26(30)28-19-8-3-2-4-9-19)29(16-20-10-7-15-35-20)27(31)24-17-32-21-11-5-6-12-22(21)34-24/h5-7,10-15,19,24-25H,2-4,8-9,16-17H2,1H3,(H,28,30)/t24-,25-/m1/s1. The van der Waals surface area contributed by atoms with Crippen LogP contribution in [-0.2, 0) is 16.1 Å². The van der Waals surface area contributed by atoms with Crippen LogP contribution < -0.4 is 14.8 Å². The molecule has 1 fully saturated rings. The molecule has 8 heteroatoms. The number of benzene rings is 1. The maximum Gasteiger partial charge on any atom is 0.268 e. The van der Waals surface area contributed by atoms with Crippen molar-refractivity contribution in [2.45, 2.75) is 63.8 Å².